The van der Waals surface area contributed by atoms with Gasteiger partial charge in [-0.3, -0.25) is 4.79 Å². The first-order valence-electron chi connectivity index (χ1n) is 6.32. The van der Waals surface area contributed by atoms with E-state index in [9.17, 15) is 13.2 Å². The van der Waals surface area contributed by atoms with Crippen LogP contribution in [-0.2, 0) is 9.05 Å². The number of carbonyl (C=O) groups excluding carboxylic acids is 1. The van der Waals surface area contributed by atoms with Crippen molar-refractivity contribution in [2.45, 2.75) is 31.1 Å². The lowest BCUT2D eigenvalue weighted by Crippen LogP contribution is -2.32. The zero-order chi connectivity index (χ0) is 14.9. The second-order valence-electron chi connectivity index (χ2n) is 5.02. The van der Waals surface area contributed by atoms with Crippen molar-refractivity contribution in [3.05, 3.63) is 27.7 Å². The average Bonchev–Trinajstić information content (AvgIpc) is 2.28. The van der Waals surface area contributed by atoms with Gasteiger partial charge in [-0.2, -0.15) is 0 Å². The largest absolute Gasteiger partial charge is 0.352 e. The molecule has 1 N–H and O–H groups in total. The fourth-order valence-corrected chi connectivity index (χ4v) is 3.46. The van der Waals surface area contributed by atoms with Gasteiger partial charge in [0, 0.05) is 27.3 Å². The van der Waals surface area contributed by atoms with Crippen LogP contribution in [0.3, 0.4) is 0 Å². The summed E-state index contributed by atoms with van der Waals surface area (Å²) in [6.45, 7) is 2.39. The molecule has 1 saturated carbocycles. The number of nitrogens with one attached hydrogen (secondary N) is 1. The predicted molar refractivity (Wildman–Crippen MR) is 81.6 cm³/mol. The van der Waals surface area contributed by atoms with E-state index in [-0.39, 0.29) is 10.8 Å². The topological polar surface area (TPSA) is 63.2 Å². The molecule has 0 spiro atoms. The summed E-state index contributed by atoms with van der Waals surface area (Å²) >= 11 is 3.26. The molecular formula is C13H15BrClNO3S. The minimum Gasteiger partial charge on any atom is -0.352 e. The number of carbonyl (C=O) groups is 1. The summed E-state index contributed by atoms with van der Waals surface area (Å²) in [5, 5.41) is 2.85. The van der Waals surface area contributed by atoms with Crippen LogP contribution in [0.15, 0.2) is 21.5 Å². The molecule has 1 aliphatic rings. The second kappa shape index (κ2) is 6.03. The maximum absolute atomic E-state index is 12.2. The van der Waals surface area contributed by atoms with Gasteiger partial charge in [0.15, 0.2) is 0 Å². The molecule has 1 aromatic rings. The highest BCUT2D eigenvalue weighted by Crippen LogP contribution is 2.28. The van der Waals surface area contributed by atoms with Gasteiger partial charge < -0.3 is 5.32 Å². The van der Waals surface area contributed by atoms with Gasteiger partial charge in [-0.1, -0.05) is 22.4 Å². The minimum absolute atomic E-state index is 0.0783. The molecule has 7 heteroatoms. The molecule has 1 amide bonds. The molecule has 4 nitrogen and oxygen atoms in total. The Labute approximate surface area is 131 Å². The Kier molecular flexibility index (Phi) is 4.76. The smallest absolute Gasteiger partial charge is 0.261 e. The van der Waals surface area contributed by atoms with Crippen LogP contribution >= 0.6 is 26.6 Å². The van der Waals surface area contributed by atoms with Crippen molar-refractivity contribution in [3.63, 3.8) is 0 Å². The molecule has 2 rings (SSSR count). The maximum Gasteiger partial charge on any atom is 0.261 e. The summed E-state index contributed by atoms with van der Waals surface area (Å²) in [5.74, 6) is 0.278. The van der Waals surface area contributed by atoms with Crippen molar-refractivity contribution in [1.82, 2.24) is 5.32 Å². The van der Waals surface area contributed by atoms with Gasteiger partial charge in [0.25, 0.3) is 15.0 Å². The van der Waals surface area contributed by atoms with Gasteiger partial charge in [-0.15, -0.1) is 0 Å². The van der Waals surface area contributed by atoms with E-state index in [0.717, 1.165) is 12.8 Å². The lowest BCUT2D eigenvalue weighted by atomic mass is 9.85. The second-order valence-corrected chi connectivity index (χ2v) is 8.44. The van der Waals surface area contributed by atoms with Gasteiger partial charge in [0.1, 0.15) is 0 Å². The third kappa shape index (κ3) is 3.54. The van der Waals surface area contributed by atoms with E-state index in [1.165, 1.54) is 18.6 Å². The summed E-state index contributed by atoms with van der Waals surface area (Å²) in [6.07, 6.45) is 3.49. The van der Waals surface area contributed by atoms with Crippen LogP contribution in [0, 0.1) is 12.8 Å². The van der Waals surface area contributed by atoms with E-state index in [4.69, 9.17) is 10.7 Å². The Hall–Kier alpha value is -0.590. The Morgan fingerprint density at radius 1 is 1.45 bits per heavy atom. The van der Waals surface area contributed by atoms with Crippen LogP contribution in [0.5, 0.6) is 0 Å². The van der Waals surface area contributed by atoms with Crippen molar-refractivity contribution in [2.24, 2.45) is 5.92 Å². The highest BCUT2D eigenvalue weighted by atomic mass is 79.9. The molecule has 0 aromatic heterocycles. The molecule has 0 bridgehead atoms. The lowest BCUT2D eigenvalue weighted by molar-refractivity contribution is 0.0938. The van der Waals surface area contributed by atoms with E-state index < -0.39 is 9.05 Å². The fraction of sp³-hybridized carbons (Fsp3) is 0.462. The monoisotopic (exact) mass is 379 g/mol. The Morgan fingerprint density at radius 3 is 2.60 bits per heavy atom. The minimum atomic E-state index is -3.86. The number of benzene rings is 1. The fourth-order valence-electron chi connectivity index (χ4n) is 2.06. The first kappa shape index (κ1) is 15.8. The molecular weight excluding hydrogens is 366 g/mol. The molecule has 110 valence electrons. The molecule has 0 radical (unpaired) electrons. The van der Waals surface area contributed by atoms with Gasteiger partial charge in [0.2, 0.25) is 0 Å². The molecule has 20 heavy (non-hydrogen) atoms. The van der Waals surface area contributed by atoms with E-state index in [2.05, 4.69) is 21.2 Å². The highest BCUT2D eigenvalue weighted by molar-refractivity contribution is 9.10. The third-order valence-corrected chi connectivity index (χ3v) is 5.78. The quantitative estimate of drug-likeness (QED) is 0.816. The van der Waals surface area contributed by atoms with E-state index in [1.807, 2.05) is 0 Å². The molecule has 1 fully saturated rings. The first-order valence-corrected chi connectivity index (χ1v) is 9.42. The van der Waals surface area contributed by atoms with Gasteiger partial charge >= 0.3 is 0 Å². The summed E-state index contributed by atoms with van der Waals surface area (Å²) in [4.78, 5) is 12.1. The number of halogens is 2. The highest BCUT2D eigenvalue weighted by Gasteiger charge is 2.21. The number of rotatable bonds is 4. The summed E-state index contributed by atoms with van der Waals surface area (Å²) in [7, 11) is 1.48. The molecule has 0 saturated heterocycles. The van der Waals surface area contributed by atoms with Crippen molar-refractivity contribution < 1.29 is 13.2 Å². The van der Waals surface area contributed by atoms with E-state index in [0.29, 0.717) is 28.1 Å². The summed E-state index contributed by atoms with van der Waals surface area (Å²) < 4.78 is 23.4. The molecule has 1 aliphatic carbocycles. The van der Waals surface area contributed by atoms with Gasteiger partial charge in [-0.05, 0) is 43.4 Å². The van der Waals surface area contributed by atoms with Crippen molar-refractivity contribution in [1.29, 1.82) is 0 Å². The Bertz CT molecular complexity index is 641. The molecule has 0 atom stereocenters. The van der Waals surface area contributed by atoms with Crippen LogP contribution in [0.2, 0.25) is 0 Å². The van der Waals surface area contributed by atoms with Crippen LogP contribution in [0.25, 0.3) is 0 Å². The third-order valence-electron chi connectivity index (χ3n) is 3.62. The Balaban J connectivity index is 2.24. The van der Waals surface area contributed by atoms with Crippen molar-refractivity contribution in [3.8, 4) is 0 Å². The van der Waals surface area contributed by atoms with Gasteiger partial charge in [-0.25, -0.2) is 8.42 Å². The number of amides is 1. The first-order chi connectivity index (χ1) is 9.29. The zero-order valence-corrected chi connectivity index (χ0v) is 14.1. The molecule has 1 aromatic carbocycles. The molecule has 0 unspecified atom stereocenters. The molecule has 0 heterocycles. The number of hydrogen-bond donors (Lipinski definition) is 1. The molecule has 0 aliphatic heterocycles. The van der Waals surface area contributed by atoms with Crippen LogP contribution in [0.1, 0.15) is 35.2 Å². The van der Waals surface area contributed by atoms with Crippen LogP contribution in [0.4, 0.5) is 0 Å². The lowest BCUT2D eigenvalue weighted by Gasteiger charge is -2.25. The van der Waals surface area contributed by atoms with Gasteiger partial charge in [0.05, 0.1) is 4.90 Å². The Morgan fingerprint density at radius 2 is 2.10 bits per heavy atom. The SMILES string of the molecule is Cc1c(Br)cc(S(=O)(=O)Cl)cc1C(=O)NCC1CCC1. The number of hydrogen-bond acceptors (Lipinski definition) is 3. The van der Waals surface area contributed by atoms with E-state index in [1.54, 1.807) is 6.92 Å². The van der Waals surface area contributed by atoms with Crippen LogP contribution < -0.4 is 5.32 Å². The predicted octanol–water partition coefficient (Wildman–Crippen LogP) is 3.21. The van der Waals surface area contributed by atoms with Crippen molar-refractivity contribution in [2.75, 3.05) is 6.54 Å². The van der Waals surface area contributed by atoms with Crippen molar-refractivity contribution >= 4 is 41.6 Å². The average molecular weight is 381 g/mol. The standard InChI is InChI=1S/C13H15BrClNO3S/c1-8-11(13(17)16-7-9-3-2-4-9)5-10(6-12(8)14)20(15,18)19/h5-6,9H,2-4,7H2,1H3,(H,16,17). The summed E-state index contributed by atoms with van der Waals surface area (Å²) in [5.41, 5.74) is 1.03. The van der Waals surface area contributed by atoms with Crippen LogP contribution in [-0.4, -0.2) is 20.9 Å². The normalized spacial score (nSPS) is 15.8. The maximum atomic E-state index is 12.2. The summed E-state index contributed by atoms with van der Waals surface area (Å²) in [6, 6.07) is 2.72. The zero-order valence-electron chi connectivity index (χ0n) is 10.9. The van der Waals surface area contributed by atoms with E-state index >= 15 is 0 Å².